The predicted molar refractivity (Wildman–Crippen MR) is 229 cm³/mol. The fourth-order valence-electron chi connectivity index (χ4n) is 11.2. The van der Waals surface area contributed by atoms with Crippen LogP contribution < -0.4 is 0 Å². The fourth-order valence-corrected chi connectivity index (χ4v) is 11.2. The molecule has 0 N–H and O–H groups in total. The van der Waals surface area contributed by atoms with Gasteiger partial charge in [0.2, 0.25) is 0 Å². The molecule has 0 radical (unpaired) electrons. The van der Waals surface area contributed by atoms with Crippen molar-refractivity contribution >= 4 is 70.7 Å². The Balaban J connectivity index is 1.08. The van der Waals surface area contributed by atoms with E-state index >= 15 is 0 Å². The number of para-hydroxylation sites is 3. The van der Waals surface area contributed by atoms with E-state index in [1.165, 1.54) is 121 Å². The Morgan fingerprint density at radius 3 is 1.64 bits per heavy atom. The summed E-state index contributed by atoms with van der Waals surface area (Å²) >= 11 is 0. The van der Waals surface area contributed by atoms with Gasteiger partial charge in [-0.05, 0) is 97.7 Å². The molecule has 1 spiro atoms. The molecule has 3 aromatic heterocycles. The van der Waals surface area contributed by atoms with Gasteiger partial charge in [0, 0.05) is 38.0 Å². The lowest BCUT2D eigenvalue weighted by Gasteiger charge is -2.30. The van der Waals surface area contributed by atoms with E-state index in [1.54, 1.807) is 0 Å². The van der Waals surface area contributed by atoms with Crippen LogP contribution in [-0.4, -0.2) is 8.97 Å². The van der Waals surface area contributed by atoms with Gasteiger partial charge < -0.3 is 8.97 Å². The number of rotatable bonds is 1. The highest BCUT2D eigenvalue weighted by Crippen LogP contribution is 2.63. The van der Waals surface area contributed by atoms with Gasteiger partial charge in [-0.25, -0.2) is 0 Å². The molecule has 0 unspecified atom stereocenters. The average Bonchev–Trinajstić information content (AvgIpc) is 4.02. The Labute approximate surface area is 316 Å². The van der Waals surface area contributed by atoms with Crippen LogP contribution in [0.3, 0.4) is 0 Å². The molecule has 55 heavy (non-hydrogen) atoms. The topological polar surface area (TPSA) is 9.34 Å². The molecular weight excluding hydrogens is 665 g/mol. The maximum Gasteiger partial charge on any atom is 0.0726 e. The van der Waals surface area contributed by atoms with E-state index in [4.69, 9.17) is 0 Å². The third-order valence-electron chi connectivity index (χ3n) is 13.2. The number of hydrogen-bond acceptors (Lipinski definition) is 0. The maximum atomic E-state index is 2.51. The Hall–Kier alpha value is -7.16. The van der Waals surface area contributed by atoms with Crippen molar-refractivity contribution in [2.24, 2.45) is 0 Å². The summed E-state index contributed by atoms with van der Waals surface area (Å²) in [4.78, 5) is 0. The third kappa shape index (κ3) is 3.19. The van der Waals surface area contributed by atoms with Gasteiger partial charge in [0.1, 0.15) is 0 Å². The summed E-state index contributed by atoms with van der Waals surface area (Å²) < 4.78 is 5.00. The summed E-state index contributed by atoms with van der Waals surface area (Å²) in [6, 6.07) is 68.7. The highest BCUT2D eigenvalue weighted by Gasteiger charge is 2.51. The fraction of sp³-hybridized carbons (Fsp3) is 0.0189. The van der Waals surface area contributed by atoms with Crippen molar-refractivity contribution in [3.05, 3.63) is 204 Å². The highest BCUT2D eigenvalue weighted by molar-refractivity contribution is 6.28. The van der Waals surface area contributed by atoms with Crippen molar-refractivity contribution in [1.29, 1.82) is 0 Å². The van der Waals surface area contributed by atoms with Gasteiger partial charge in [-0.2, -0.15) is 0 Å². The van der Waals surface area contributed by atoms with E-state index in [2.05, 4.69) is 191 Å². The van der Waals surface area contributed by atoms with Crippen molar-refractivity contribution in [2.45, 2.75) is 5.41 Å². The summed E-state index contributed by atoms with van der Waals surface area (Å²) in [6.45, 7) is 0. The van der Waals surface area contributed by atoms with Crippen LogP contribution in [0, 0.1) is 0 Å². The first kappa shape index (κ1) is 28.4. The molecule has 0 atom stereocenters. The summed E-state index contributed by atoms with van der Waals surface area (Å²) in [7, 11) is 0. The van der Waals surface area contributed by atoms with Crippen molar-refractivity contribution in [3.63, 3.8) is 0 Å². The van der Waals surface area contributed by atoms with E-state index in [9.17, 15) is 0 Å². The van der Waals surface area contributed by atoms with Crippen LogP contribution in [-0.2, 0) is 5.41 Å². The second-order valence-electron chi connectivity index (χ2n) is 15.6. The van der Waals surface area contributed by atoms with Gasteiger partial charge in [0.05, 0.1) is 33.0 Å². The van der Waals surface area contributed by atoms with E-state index < -0.39 is 0 Å². The summed E-state index contributed by atoms with van der Waals surface area (Å²) in [5, 5.41) is 10.4. The highest BCUT2D eigenvalue weighted by atomic mass is 15.0. The quantitative estimate of drug-likeness (QED) is 0.162. The zero-order chi connectivity index (χ0) is 35.6. The molecule has 0 saturated heterocycles. The van der Waals surface area contributed by atoms with E-state index in [0.29, 0.717) is 0 Å². The smallest absolute Gasteiger partial charge is 0.0726 e. The Bertz CT molecular complexity index is 3600. The Kier molecular flexibility index (Phi) is 4.99. The van der Waals surface area contributed by atoms with Crippen molar-refractivity contribution < 1.29 is 0 Å². The maximum absolute atomic E-state index is 2.51. The molecular formula is C53H30N2. The van der Waals surface area contributed by atoms with Gasteiger partial charge in [0.15, 0.2) is 0 Å². The van der Waals surface area contributed by atoms with Crippen molar-refractivity contribution in [3.8, 4) is 27.9 Å². The molecule has 3 heterocycles. The molecule has 0 saturated carbocycles. The van der Waals surface area contributed by atoms with Crippen molar-refractivity contribution in [1.82, 2.24) is 8.97 Å². The number of hydrogen-bond donors (Lipinski definition) is 0. The lowest BCUT2D eigenvalue weighted by molar-refractivity contribution is 0.792. The van der Waals surface area contributed by atoms with Gasteiger partial charge in [0.25, 0.3) is 0 Å². The Morgan fingerprint density at radius 1 is 0.327 bits per heavy atom. The summed E-state index contributed by atoms with van der Waals surface area (Å²) in [5.74, 6) is 0. The first-order chi connectivity index (χ1) is 27.3. The van der Waals surface area contributed by atoms with E-state index in [1.807, 2.05) is 0 Å². The molecule has 12 aromatic rings. The van der Waals surface area contributed by atoms with Crippen molar-refractivity contribution in [2.75, 3.05) is 0 Å². The first-order valence-corrected chi connectivity index (χ1v) is 19.3. The first-order valence-electron chi connectivity index (χ1n) is 19.3. The summed E-state index contributed by atoms with van der Waals surface area (Å²) in [6.07, 6.45) is 0. The molecule has 0 aliphatic heterocycles. The number of aromatic nitrogens is 2. The van der Waals surface area contributed by atoms with Gasteiger partial charge >= 0.3 is 0 Å². The molecule has 2 aliphatic carbocycles. The molecule has 9 aromatic carbocycles. The second-order valence-corrected chi connectivity index (χ2v) is 15.6. The number of fused-ring (bicyclic) bond motifs is 21. The van der Waals surface area contributed by atoms with E-state index in [-0.39, 0.29) is 5.41 Å². The van der Waals surface area contributed by atoms with Crippen LogP contribution >= 0.6 is 0 Å². The third-order valence-corrected chi connectivity index (χ3v) is 13.2. The summed E-state index contributed by atoms with van der Waals surface area (Å²) in [5.41, 5.74) is 17.9. The van der Waals surface area contributed by atoms with E-state index in [0.717, 1.165) is 0 Å². The van der Waals surface area contributed by atoms with Gasteiger partial charge in [-0.3, -0.25) is 0 Å². The molecule has 2 heteroatoms. The van der Waals surface area contributed by atoms with Crippen LogP contribution in [0.5, 0.6) is 0 Å². The molecule has 0 amide bonds. The molecule has 0 fully saturated rings. The molecule has 2 nitrogen and oxygen atoms in total. The second kappa shape index (κ2) is 9.68. The lowest BCUT2D eigenvalue weighted by Crippen LogP contribution is -2.26. The normalized spacial score (nSPS) is 14.0. The largest absolute Gasteiger partial charge is 0.309 e. The standard InChI is InChI=1S/C53H30N2/c1-6-19-43-33(12-1)34-13-2-7-20-44(34)53(43)45-21-8-3-14-35(45)36-26-25-32(29-46(36)53)54-48-23-10-5-16-40(48)51-41-30-42-39-18-11-17-38-37-15-4-9-22-47(37)55(52(38)39)50(42)28-31(41)24-27-49(51)54/h1-30H. The number of benzene rings is 9. The van der Waals surface area contributed by atoms with Gasteiger partial charge in [-0.1, -0.05) is 140 Å². The zero-order valence-electron chi connectivity index (χ0n) is 29.7. The number of nitrogens with zero attached hydrogens (tertiary/aromatic N) is 2. The van der Waals surface area contributed by atoms with Crippen LogP contribution in [0.4, 0.5) is 0 Å². The lowest BCUT2D eigenvalue weighted by atomic mass is 9.70. The minimum absolute atomic E-state index is 0.386. The van der Waals surface area contributed by atoms with Crippen LogP contribution in [0.15, 0.2) is 182 Å². The Morgan fingerprint density at radius 2 is 0.909 bits per heavy atom. The predicted octanol–water partition coefficient (Wildman–Crippen LogP) is 13.4. The van der Waals surface area contributed by atoms with Gasteiger partial charge in [-0.15, -0.1) is 0 Å². The minimum Gasteiger partial charge on any atom is -0.309 e. The molecule has 14 rings (SSSR count). The van der Waals surface area contributed by atoms with Crippen LogP contribution in [0.2, 0.25) is 0 Å². The van der Waals surface area contributed by atoms with Crippen LogP contribution in [0.1, 0.15) is 22.3 Å². The minimum atomic E-state index is -0.386. The zero-order valence-corrected chi connectivity index (χ0v) is 29.7. The van der Waals surface area contributed by atoms with Crippen LogP contribution in [0.25, 0.3) is 98.6 Å². The SMILES string of the molecule is c1ccc2c(c1)-c1ccccc1C21c2ccccc2-c2ccc(-n3c4ccccc4c4c5cc6c7cccc8c9ccccc9n(c6cc5ccc43)c87)cc21. The monoisotopic (exact) mass is 694 g/mol. The molecule has 252 valence electrons. The molecule has 0 bridgehead atoms. The molecule has 2 aliphatic rings. The average molecular weight is 695 g/mol.